The van der Waals surface area contributed by atoms with Crippen LogP contribution in [0.15, 0.2) is 91.0 Å². The van der Waals surface area contributed by atoms with Crippen LogP contribution < -0.4 is 10.6 Å². The van der Waals surface area contributed by atoms with E-state index < -0.39 is 0 Å². The van der Waals surface area contributed by atoms with Crippen molar-refractivity contribution in [3.8, 4) is 0 Å². The lowest BCUT2D eigenvalue weighted by atomic mass is 10.1. The van der Waals surface area contributed by atoms with Crippen molar-refractivity contribution in [3.63, 3.8) is 0 Å². The van der Waals surface area contributed by atoms with E-state index >= 15 is 0 Å². The van der Waals surface area contributed by atoms with Crippen molar-refractivity contribution >= 4 is 29.0 Å². The highest BCUT2D eigenvalue weighted by Crippen LogP contribution is 2.34. The second-order valence-corrected chi connectivity index (χ2v) is 5.35. The number of hydrogen-bond acceptors (Lipinski definition) is 3. The third-order valence-corrected chi connectivity index (χ3v) is 3.73. The number of nitrogens with two attached hydrogens (primary N) is 1. The summed E-state index contributed by atoms with van der Waals surface area (Å²) in [5.74, 6) is 0. The predicted molar refractivity (Wildman–Crippen MR) is 102 cm³/mol. The number of benzene rings is 3. The number of nitrogens with one attached hydrogen (secondary N) is 1. The Morgan fingerprint density at radius 3 is 1.83 bits per heavy atom. The highest BCUT2D eigenvalue weighted by molar-refractivity contribution is 5.84. The second-order valence-electron chi connectivity index (χ2n) is 5.35. The van der Waals surface area contributed by atoms with Crippen LogP contribution in [-0.4, -0.2) is 6.21 Å². The predicted octanol–water partition coefficient (Wildman–Crippen LogP) is 5.11. The summed E-state index contributed by atoms with van der Waals surface area (Å²) in [4.78, 5) is 2.18. The van der Waals surface area contributed by atoms with Gasteiger partial charge in [-0.15, -0.1) is 0 Å². The molecule has 0 aliphatic carbocycles. The van der Waals surface area contributed by atoms with Crippen LogP contribution in [-0.2, 0) is 0 Å². The maximum atomic E-state index is 7.20. The highest BCUT2D eigenvalue weighted by atomic mass is 15.1. The van der Waals surface area contributed by atoms with E-state index in [1.54, 1.807) is 6.08 Å². The molecule has 0 bridgehead atoms. The molecule has 3 aromatic rings. The monoisotopic (exact) mass is 313 g/mol. The summed E-state index contributed by atoms with van der Waals surface area (Å²) in [6.45, 7) is 0. The molecule has 0 aliphatic rings. The fourth-order valence-electron chi connectivity index (χ4n) is 2.61. The average Bonchev–Trinajstić information content (AvgIpc) is 2.64. The molecule has 0 heterocycles. The molecule has 0 atom stereocenters. The quantitative estimate of drug-likeness (QED) is 0.643. The van der Waals surface area contributed by atoms with Crippen LogP contribution in [0.25, 0.3) is 5.70 Å². The van der Waals surface area contributed by atoms with Crippen molar-refractivity contribution in [2.45, 2.75) is 0 Å². The average molecular weight is 313 g/mol. The van der Waals surface area contributed by atoms with Gasteiger partial charge in [0.25, 0.3) is 0 Å². The van der Waals surface area contributed by atoms with E-state index in [-0.39, 0.29) is 0 Å². The lowest BCUT2D eigenvalue weighted by molar-refractivity contribution is 1.28. The Morgan fingerprint density at radius 1 is 0.750 bits per heavy atom. The number of para-hydroxylation sites is 2. The second kappa shape index (κ2) is 7.29. The van der Waals surface area contributed by atoms with Gasteiger partial charge in [0.1, 0.15) is 0 Å². The molecule has 0 aromatic heterocycles. The smallest absolute Gasteiger partial charge is 0.0468 e. The molecule has 118 valence electrons. The Kier molecular flexibility index (Phi) is 4.73. The maximum absolute atomic E-state index is 7.20. The molecule has 0 fully saturated rings. The van der Waals surface area contributed by atoms with Crippen molar-refractivity contribution in [2.24, 2.45) is 5.73 Å². The van der Waals surface area contributed by atoms with Gasteiger partial charge in [0, 0.05) is 29.0 Å². The Bertz CT molecular complexity index is 800. The Hall–Kier alpha value is -3.33. The molecule has 0 radical (unpaired) electrons. The molecule has 0 amide bonds. The zero-order chi connectivity index (χ0) is 16.8. The molecule has 0 unspecified atom stereocenters. The normalized spacial score (nSPS) is 11.1. The zero-order valence-electron chi connectivity index (χ0n) is 13.3. The van der Waals surface area contributed by atoms with Crippen LogP contribution >= 0.6 is 0 Å². The first-order valence-corrected chi connectivity index (χ1v) is 7.76. The molecule has 3 N–H and O–H groups in total. The van der Waals surface area contributed by atoms with Crippen molar-refractivity contribution in [1.82, 2.24) is 0 Å². The molecule has 0 spiro atoms. The van der Waals surface area contributed by atoms with Gasteiger partial charge in [0.05, 0.1) is 0 Å². The first-order chi connectivity index (χ1) is 11.8. The lowest BCUT2D eigenvalue weighted by Crippen LogP contribution is -2.10. The van der Waals surface area contributed by atoms with E-state index in [0.29, 0.717) is 5.70 Å². The fourth-order valence-corrected chi connectivity index (χ4v) is 2.61. The number of rotatable bonds is 5. The van der Waals surface area contributed by atoms with Gasteiger partial charge in [-0.05, 0) is 48.0 Å². The number of allylic oxidation sites excluding steroid dienone is 1. The highest BCUT2D eigenvalue weighted by Gasteiger charge is 2.12. The van der Waals surface area contributed by atoms with Crippen LogP contribution in [0, 0.1) is 5.41 Å². The minimum Gasteiger partial charge on any atom is -0.398 e. The molecule has 3 aromatic carbocycles. The summed E-state index contributed by atoms with van der Waals surface area (Å²) in [6.07, 6.45) is 2.79. The number of anilines is 3. The lowest BCUT2D eigenvalue weighted by Gasteiger charge is -2.25. The standard InChI is InChI=1S/C21H19N3/c22-15-14-21(23)17-8-7-13-20(16-17)24(18-9-3-1-4-10-18)19-11-5-2-6-12-19/h1-16,22H,23H2. The third-order valence-electron chi connectivity index (χ3n) is 3.73. The van der Waals surface area contributed by atoms with E-state index in [9.17, 15) is 0 Å². The summed E-state index contributed by atoms with van der Waals surface area (Å²) in [6, 6.07) is 28.5. The SMILES string of the molecule is N=CC=C(N)c1cccc(N(c2ccccc2)c2ccccc2)c1. The Morgan fingerprint density at radius 2 is 1.29 bits per heavy atom. The molecular weight excluding hydrogens is 294 g/mol. The molecule has 3 nitrogen and oxygen atoms in total. The number of hydrogen-bond donors (Lipinski definition) is 2. The van der Waals surface area contributed by atoms with Crippen LogP contribution in [0.2, 0.25) is 0 Å². The van der Waals surface area contributed by atoms with Crippen LogP contribution in [0.1, 0.15) is 5.56 Å². The van der Waals surface area contributed by atoms with E-state index in [2.05, 4.69) is 35.2 Å². The van der Waals surface area contributed by atoms with Gasteiger partial charge in [-0.25, -0.2) is 0 Å². The van der Waals surface area contributed by atoms with E-state index in [0.717, 1.165) is 22.6 Å². The summed E-state index contributed by atoms with van der Waals surface area (Å²) in [5, 5.41) is 7.20. The van der Waals surface area contributed by atoms with E-state index in [4.69, 9.17) is 11.1 Å². The van der Waals surface area contributed by atoms with Gasteiger partial charge in [0.15, 0.2) is 0 Å². The fraction of sp³-hybridized carbons (Fsp3) is 0. The first-order valence-electron chi connectivity index (χ1n) is 7.76. The Balaban J connectivity index is 2.12. The van der Waals surface area contributed by atoms with Gasteiger partial charge >= 0.3 is 0 Å². The van der Waals surface area contributed by atoms with Crippen molar-refractivity contribution in [3.05, 3.63) is 96.6 Å². The topological polar surface area (TPSA) is 53.1 Å². The summed E-state index contributed by atoms with van der Waals surface area (Å²) in [7, 11) is 0. The minimum absolute atomic E-state index is 0.577. The van der Waals surface area contributed by atoms with Gasteiger partial charge in [-0.1, -0.05) is 48.5 Å². The summed E-state index contributed by atoms with van der Waals surface area (Å²) < 4.78 is 0. The largest absolute Gasteiger partial charge is 0.398 e. The molecule has 0 saturated carbocycles. The molecule has 0 aliphatic heterocycles. The van der Waals surface area contributed by atoms with Crippen molar-refractivity contribution in [1.29, 1.82) is 5.41 Å². The minimum atomic E-state index is 0.577. The third kappa shape index (κ3) is 3.36. The molecular formula is C21H19N3. The summed E-state index contributed by atoms with van der Waals surface area (Å²) >= 11 is 0. The van der Waals surface area contributed by atoms with E-state index in [1.807, 2.05) is 54.6 Å². The number of nitrogens with zero attached hydrogens (tertiary/aromatic N) is 1. The van der Waals surface area contributed by atoms with Crippen LogP contribution in [0.5, 0.6) is 0 Å². The molecule has 0 saturated heterocycles. The van der Waals surface area contributed by atoms with Gasteiger partial charge in [0.2, 0.25) is 0 Å². The first kappa shape index (κ1) is 15.6. The van der Waals surface area contributed by atoms with Crippen LogP contribution in [0.4, 0.5) is 17.1 Å². The maximum Gasteiger partial charge on any atom is 0.0468 e. The zero-order valence-corrected chi connectivity index (χ0v) is 13.3. The van der Waals surface area contributed by atoms with Crippen LogP contribution in [0.3, 0.4) is 0 Å². The van der Waals surface area contributed by atoms with Gasteiger partial charge < -0.3 is 16.0 Å². The molecule has 24 heavy (non-hydrogen) atoms. The molecule has 3 heteroatoms. The Labute approximate surface area is 142 Å². The van der Waals surface area contributed by atoms with Crippen molar-refractivity contribution in [2.75, 3.05) is 4.90 Å². The van der Waals surface area contributed by atoms with Gasteiger partial charge in [-0.2, -0.15) is 0 Å². The summed E-state index contributed by atoms with van der Waals surface area (Å²) in [5.41, 5.74) is 10.7. The van der Waals surface area contributed by atoms with Crippen molar-refractivity contribution < 1.29 is 0 Å². The van der Waals surface area contributed by atoms with E-state index in [1.165, 1.54) is 6.21 Å². The van der Waals surface area contributed by atoms with Gasteiger partial charge in [-0.3, -0.25) is 0 Å². The molecule has 3 rings (SSSR count).